The number of anilines is 1. The Balaban J connectivity index is 1.48. The molecule has 1 heterocycles. The molecule has 0 N–H and O–H groups in total. The van der Waals surface area contributed by atoms with Gasteiger partial charge < -0.3 is 4.74 Å². The summed E-state index contributed by atoms with van der Waals surface area (Å²) in [6.07, 6.45) is 3.42. The standard InChI is InChI=1S/C25H27NO3/c1-16-5-14-21-22(15-16)24(28)26(23(21)27)18-8-12-20(13-9-18)29-19-10-6-17(7-11-19)25(2,3)4/h5-13,21-22H,14-15H2,1-4H3/t21-,22+/m1/s1. The summed E-state index contributed by atoms with van der Waals surface area (Å²) in [6.45, 7) is 8.55. The Morgan fingerprint density at radius 2 is 1.41 bits per heavy atom. The number of rotatable bonds is 3. The molecule has 4 nitrogen and oxygen atoms in total. The number of ether oxygens (including phenoxy) is 1. The number of benzene rings is 2. The second kappa shape index (κ2) is 7.18. The lowest BCUT2D eigenvalue weighted by molar-refractivity contribution is -0.122. The normalized spacial score (nSPS) is 21.8. The SMILES string of the molecule is CC1=CC[C@H]2C(=O)N(c3ccc(Oc4ccc(C(C)(C)C)cc4)cc3)C(=O)[C@H]2C1. The fourth-order valence-corrected chi connectivity index (χ4v) is 4.11. The highest BCUT2D eigenvalue weighted by Gasteiger charge is 2.48. The maximum Gasteiger partial charge on any atom is 0.238 e. The van der Waals surface area contributed by atoms with Crippen LogP contribution >= 0.6 is 0 Å². The fourth-order valence-electron chi connectivity index (χ4n) is 4.11. The van der Waals surface area contributed by atoms with Crippen LogP contribution in [0.4, 0.5) is 5.69 Å². The predicted molar refractivity (Wildman–Crippen MR) is 114 cm³/mol. The first-order valence-corrected chi connectivity index (χ1v) is 10.2. The van der Waals surface area contributed by atoms with Crippen LogP contribution in [-0.2, 0) is 15.0 Å². The van der Waals surface area contributed by atoms with Crippen molar-refractivity contribution in [3.05, 3.63) is 65.7 Å². The second-order valence-electron chi connectivity index (χ2n) is 9.09. The van der Waals surface area contributed by atoms with Crippen LogP contribution in [0.2, 0.25) is 0 Å². The molecule has 2 aromatic carbocycles. The first-order chi connectivity index (χ1) is 13.7. The molecule has 0 unspecified atom stereocenters. The Bertz CT molecular complexity index is 965. The molecule has 1 fully saturated rings. The molecule has 0 aromatic heterocycles. The van der Waals surface area contributed by atoms with E-state index in [0.717, 1.165) is 5.75 Å². The Kier molecular flexibility index (Phi) is 4.81. The van der Waals surface area contributed by atoms with E-state index in [2.05, 4.69) is 39.0 Å². The van der Waals surface area contributed by atoms with Gasteiger partial charge in [-0.3, -0.25) is 14.5 Å². The molecular weight excluding hydrogens is 362 g/mol. The summed E-state index contributed by atoms with van der Waals surface area (Å²) in [5.74, 6) is 0.820. The van der Waals surface area contributed by atoms with Gasteiger partial charge in [-0.2, -0.15) is 0 Å². The summed E-state index contributed by atoms with van der Waals surface area (Å²) in [6, 6.07) is 15.2. The Morgan fingerprint density at radius 3 is 2.00 bits per heavy atom. The third-order valence-electron chi connectivity index (χ3n) is 5.87. The zero-order valence-electron chi connectivity index (χ0n) is 17.4. The minimum atomic E-state index is -0.219. The minimum absolute atomic E-state index is 0.0844. The first kappa shape index (κ1) is 19.4. The highest BCUT2D eigenvalue weighted by Crippen LogP contribution is 2.40. The molecule has 2 atom stereocenters. The fraction of sp³-hybridized carbons (Fsp3) is 0.360. The molecule has 0 bridgehead atoms. The smallest absolute Gasteiger partial charge is 0.238 e. The lowest BCUT2D eigenvalue weighted by atomic mass is 9.82. The van der Waals surface area contributed by atoms with Gasteiger partial charge >= 0.3 is 0 Å². The summed E-state index contributed by atoms with van der Waals surface area (Å²) >= 11 is 0. The van der Waals surface area contributed by atoms with Gasteiger partial charge in [-0.1, -0.05) is 44.6 Å². The number of imide groups is 1. The van der Waals surface area contributed by atoms with E-state index in [1.807, 2.05) is 19.1 Å². The molecular formula is C25H27NO3. The number of carbonyl (C=O) groups excluding carboxylic acids is 2. The zero-order valence-corrected chi connectivity index (χ0v) is 17.4. The van der Waals surface area contributed by atoms with Crippen molar-refractivity contribution >= 4 is 17.5 Å². The molecule has 150 valence electrons. The molecule has 2 aromatic rings. The van der Waals surface area contributed by atoms with Gasteiger partial charge in [0.2, 0.25) is 11.8 Å². The highest BCUT2D eigenvalue weighted by molar-refractivity contribution is 6.22. The van der Waals surface area contributed by atoms with E-state index in [4.69, 9.17) is 4.74 Å². The van der Waals surface area contributed by atoms with Gasteiger partial charge in [0.05, 0.1) is 17.5 Å². The van der Waals surface area contributed by atoms with Gasteiger partial charge in [-0.05, 0) is 67.1 Å². The van der Waals surface area contributed by atoms with Gasteiger partial charge in [0.1, 0.15) is 11.5 Å². The van der Waals surface area contributed by atoms with E-state index in [0.29, 0.717) is 24.3 Å². The maximum atomic E-state index is 12.8. The molecule has 0 spiro atoms. The first-order valence-electron chi connectivity index (χ1n) is 10.2. The zero-order chi connectivity index (χ0) is 20.8. The average Bonchev–Trinajstić information content (AvgIpc) is 2.92. The number of hydrogen-bond acceptors (Lipinski definition) is 3. The minimum Gasteiger partial charge on any atom is -0.457 e. The number of fused-ring (bicyclic) bond motifs is 1. The molecule has 1 aliphatic carbocycles. The summed E-state index contributed by atoms with van der Waals surface area (Å²) in [4.78, 5) is 27.0. The molecule has 2 amide bonds. The van der Waals surface area contributed by atoms with Gasteiger partial charge in [0, 0.05) is 0 Å². The Hall–Kier alpha value is -2.88. The van der Waals surface area contributed by atoms with Gasteiger partial charge in [-0.25, -0.2) is 0 Å². The molecule has 1 aliphatic heterocycles. The number of allylic oxidation sites excluding steroid dienone is 2. The molecule has 0 radical (unpaired) electrons. The van der Waals surface area contributed by atoms with Crippen LogP contribution in [0.15, 0.2) is 60.2 Å². The molecule has 29 heavy (non-hydrogen) atoms. The third-order valence-corrected chi connectivity index (χ3v) is 5.87. The second-order valence-corrected chi connectivity index (χ2v) is 9.09. The molecule has 2 aliphatic rings. The van der Waals surface area contributed by atoms with E-state index in [1.165, 1.54) is 16.0 Å². The van der Waals surface area contributed by atoms with Crippen molar-refractivity contribution in [2.24, 2.45) is 11.8 Å². The molecule has 4 heteroatoms. The quantitative estimate of drug-likeness (QED) is 0.505. The lowest BCUT2D eigenvalue weighted by Gasteiger charge is -2.19. The van der Waals surface area contributed by atoms with Crippen molar-refractivity contribution in [2.75, 3.05) is 4.90 Å². The van der Waals surface area contributed by atoms with Crippen LogP contribution in [0, 0.1) is 11.8 Å². The number of carbonyl (C=O) groups is 2. The largest absolute Gasteiger partial charge is 0.457 e. The number of amides is 2. The van der Waals surface area contributed by atoms with Crippen LogP contribution in [0.5, 0.6) is 11.5 Å². The summed E-state index contributed by atoms with van der Waals surface area (Å²) in [5.41, 5.74) is 3.15. The predicted octanol–water partition coefficient (Wildman–Crippen LogP) is 5.62. The Labute approximate surface area is 172 Å². The number of hydrogen-bond donors (Lipinski definition) is 0. The van der Waals surface area contributed by atoms with Crippen molar-refractivity contribution in [1.82, 2.24) is 0 Å². The Morgan fingerprint density at radius 1 is 0.862 bits per heavy atom. The average molecular weight is 389 g/mol. The van der Waals surface area contributed by atoms with Gasteiger partial charge in [0.25, 0.3) is 0 Å². The van der Waals surface area contributed by atoms with Crippen LogP contribution in [0.1, 0.15) is 46.1 Å². The number of nitrogens with zero attached hydrogens (tertiary/aromatic N) is 1. The van der Waals surface area contributed by atoms with E-state index in [1.54, 1.807) is 24.3 Å². The van der Waals surface area contributed by atoms with Crippen LogP contribution in [0.3, 0.4) is 0 Å². The third kappa shape index (κ3) is 3.71. The van der Waals surface area contributed by atoms with E-state index in [-0.39, 0.29) is 29.1 Å². The molecule has 0 saturated carbocycles. The lowest BCUT2D eigenvalue weighted by Crippen LogP contribution is -2.30. The van der Waals surface area contributed by atoms with Crippen molar-refractivity contribution in [2.45, 2.75) is 46.0 Å². The van der Waals surface area contributed by atoms with Crippen molar-refractivity contribution in [1.29, 1.82) is 0 Å². The molecule has 1 saturated heterocycles. The van der Waals surface area contributed by atoms with Gasteiger partial charge in [-0.15, -0.1) is 0 Å². The molecule has 4 rings (SSSR count). The summed E-state index contributed by atoms with van der Waals surface area (Å²) in [5, 5.41) is 0. The topological polar surface area (TPSA) is 46.6 Å². The van der Waals surface area contributed by atoms with Crippen LogP contribution < -0.4 is 9.64 Å². The van der Waals surface area contributed by atoms with Crippen LogP contribution in [0.25, 0.3) is 0 Å². The van der Waals surface area contributed by atoms with Crippen molar-refractivity contribution in [3.63, 3.8) is 0 Å². The monoisotopic (exact) mass is 389 g/mol. The van der Waals surface area contributed by atoms with Crippen LogP contribution in [-0.4, -0.2) is 11.8 Å². The highest BCUT2D eigenvalue weighted by atomic mass is 16.5. The van der Waals surface area contributed by atoms with Crippen molar-refractivity contribution < 1.29 is 14.3 Å². The summed E-state index contributed by atoms with van der Waals surface area (Å²) < 4.78 is 5.93. The van der Waals surface area contributed by atoms with Gasteiger partial charge in [0.15, 0.2) is 0 Å². The van der Waals surface area contributed by atoms with E-state index < -0.39 is 0 Å². The summed E-state index contributed by atoms with van der Waals surface area (Å²) in [7, 11) is 0. The maximum absolute atomic E-state index is 12.8. The van der Waals surface area contributed by atoms with E-state index in [9.17, 15) is 9.59 Å². The van der Waals surface area contributed by atoms with E-state index >= 15 is 0 Å². The van der Waals surface area contributed by atoms with Crippen molar-refractivity contribution in [3.8, 4) is 11.5 Å².